The van der Waals surface area contributed by atoms with E-state index in [1.807, 2.05) is 0 Å². The molecule has 16 heteroatoms. The molecule has 0 bridgehead atoms. The Hall–Kier alpha value is -4.08. The molecule has 0 spiro atoms. The number of hydrogen-bond acceptors (Lipinski definition) is 6. The van der Waals surface area contributed by atoms with E-state index < -0.39 is 70.6 Å². The van der Waals surface area contributed by atoms with Crippen molar-refractivity contribution < 1.29 is 54.2 Å². The van der Waals surface area contributed by atoms with Gasteiger partial charge in [-0.1, -0.05) is 6.92 Å². The van der Waals surface area contributed by atoms with Crippen LogP contribution in [0.2, 0.25) is 0 Å². The van der Waals surface area contributed by atoms with Crippen LogP contribution in [0.1, 0.15) is 71.9 Å². The topological polar surface area (TPSA) is 102 Å². The first kappa shape index (κ1) is 32.8. The van der Waals surface area contributed by atoms with Crippen molar-refractivity contribution in [3.05, 3.63) is 81.9 Å². The number of nitrogens with zero attached hydrogens (tertiary/aromatic N) is 3. The lowest BCUT2D eigenvalue weighted by atomic mass is 9.80. The van der Waals surface area contributed by atoms with Crippen molar-refractivity contribution >= 4 is 11.8 Å². The van der Waals surface area contributed by atoms with Crippen LogP contribution in [0.25, 0.3) is 0 Å². The molecule has 2 atom stereocenters. The molecule has 238 valence electrons. The normalized spacial score (nSPS) is 19.1. The fourth-order valence-electron chi connectivity index (χ4n) is 5.05. The highest BCUT2D eigenvalue weighted by Crippen LogP contribution is 2.47. The average Bonchev–Trinajstić information content (AvgIpc) is 2.92. The minimum atomic E-state index is -5.12. The van der Waals surface area contributed by atoms with Crippen LogP contribution in [0.5, 0.6) is 5.75 Å². The van der Waals surface area contributed by atoms with E-state index in [0.717, 1.165) is 29.3 Å². The molecule has 7 nitrogen and oxygen atoms in total. The second-order valence-electron chi connectivity index (χ2n) is 10.2. The van der Waals surface area contributed by atoms with Crippen molar-refractivity contribution in [2.24, 2.45) is 5.73 Å². The van der Waals surface area contributed by atoms with Gasteiger partial charge in [0, 0.05) is 12.3 Å². The Kier molecular flexibility index (Phi) is 8.54. The number of carbonyl (C=O) groups is 1. The number of anilines is 1. The van der Waals surface area contributed by atoms with E-state index in [0.29, 0.717) is 12.1 Å². The zero-order valence-electron chi connectivity index (χ0n) is 23.0. The summed E-state index contributed by atoms with van der Waals surface area (Å²) in [6.45, 7) is 3.08. The van der Waals surface area contributed by atoms with Gasteiger partial charge in [0.05, 0.1) is 40.9 Å². The van der Waals surface area contributed by atoms with Gasteiger partial charge in [0.1, 0.15) is 11.5 Å². The van der Waals surface area contributed by atoms with E-state index in [1.54, 1.807) is 6.92 Å². The second kappa shape index (κ2) is 11.4. The number of aromatic nitrogens is 2. The molecule has 1 amide bonds. The summed E-state index contributed by atoms with van der Waals surface area (Å²) in [5, 5.41) is 10.4. The summed E-state index contributed by atoms with van der Waals surface area (Å²) in [4.78, 5) is 22.2. The first-order valence-corrected chi connectivity index (χ1v) is 13.1. The van der Waals surface area contributed by atoms with Gasteiger partial charge in [-0.3, -0.25) is 4.90 Å². The first-order chi connectivity index (χ1) is 20.3. The highest BCUT2D eigenvalue weighted by molar-refractivity contribution is 5.91. The van der Waals surface area contributed by atoms with Crippen molar-refractivity contribution in [2.75, 3.05) is 11.5 Å². The van der Waals surface area contributed by atoms with Gasteiger partial charge in [-0.25, -0.2) is 14.8 Å². The Morgan fingerprint density at radius 3 is 2.09 bits per heavy atom. The molecule has 0 saturated carbocycles. The fraction of sp³-hybridized carbons (Fsp3) is 0.393. The van der Waals surface area contributed by atoms with Crippen molar-refractivity contribution in [1.82, 2.24) is 9.97 Å². The molecule has 0 aliphatic carbocycles. The van der Waals surface area contributed by atoms with E-state index >= 15 is 0 Å². The second-order valence-corrected chi connectivity index (χ2v) is 10.2. The van der Waals surface area contributed by atoms with Crippen LogP contribution in [0.4, 0.5) is 50.0 Å². The van der Waals surface area contributed by atoms with Crippen LogP contribution in [-0.2, 0) is 29.7 Å². The lowest BCUT2D eigenvalue weighted by Gasteiger charge is -2.46. The molecule has 44 heavy (non-hydrogen) atoms. The number of ether oxygens (including phenoxy) is 1. The molecule has 0 fully saturated rings. The third-order valence-corrected chi connectivity index (χ3v) is 7.23. The van der Waals surface area contributed by atoms with Gasteiger partial charge >= 0.3 is 24.6 Å². The summed E-state index contributed by atoms with van der Waals surface area (Å²) in [5.74, 6) is -2.05. The number of nitrogens with two attached hydrogens (primary N) is 1. The average molecular weight is 637 g/mol. The third-order valence-electron chi connectivity index (χ3n) is 7.23. The van der Waals surface area contributed by atoms with Gasteiger partial charge in [-0.2, -0.15) is 39.5 Å². The Morgan fingerprint density at radius 2 is 1.57 bits per heavy atom. The van der Waals surface area contributed by atoms with Crippen LogP contribution in [0.15, 0.2) is 42.6 Å². The van der Waals surface area contributed by atoms with Crippen LogP contribution in [0, 0.1) is 0 Å². The summed E-state index contributed by atoms with van der Waals surface area (Å²) in [6.07, 6.45) is -16.0. The van der Waals surface area contributed by atoms with Gasteiger partial charge in [0.2, 0.25) is 0 Å². The molecule has 1 aromatic heterocycles. The van der Waals surface area contributed by atoms with Gasteiger partial charge in [-0.15, -0.1) is 0 Å². The van der Waals surface area contributed by atoms with Crippen LogP contribution in [0.3, 0.4) is 0 Å². The zero-order chi connectivity index (χ0) is 32.8. The first-order valence-electron chi connectivity index (χ1n) is 13.1. The van der Waals surface area contributed by atoms with E-state index in [-0.39, 0.29) is 48.3 Å². The van der Waals surface area contributed by atoms with Gasteiger partial charge < -0.3 is 15.6 Å². The van der Waals surface area contributed by atoms with E-state index in [1.165, 1.54) is 6.92 Å². The number of carbonyl (C=O) groups excluding carboxylic acids is 1. The number of aromatic hydroxyl groups is 1. The number of halogens is 9. The minimum Gasteiger partial charge on any atom is -0.504 e. The Bertz CT molecular complexity index is 1520. The van der Waals surface area contributed by atoms with Crippen molar-refractivity contribution in [1.29, 1.82) is 0 Å². The summed E-state index contributed by atoms with van der Waals surface area (Å²) >= 11 is 0. The fourth-order valence-corrected chi connectivity index (χ4v) is 5.05. The molecule has 0 radical (unpaired) electrons. The van der Waals surface area contributed by atoms with E-state index in [2.05, 4.69) is 9.97 Å². The molecular weight excluding hydrogens is 611 g/mol. The van der Waals surface area contributed by atoms with Gasteiger partial charge in [0.25, 0.3) is 0 Å². The Morgan fingerprint density at radius 1 is 0.977 bits per heavy atom. The monoisotopic (exact) mass is 636 g/mol. The van der Waals surface area contributed by atoms with Crippen LogP contribution >= 0.6 is 0 Å². The SMILES string of the molecule is CCOC(=O)N1c2ccc(C(F)(F)F)cc2[C@@H](c2ncc(O)c(Cc3cc(C(F)(F)F)cc(C(F)(F)F)c3)n2)C[C@@]1(N)CC. The zero-order valence-corrected chi connectivity index (χ0v) is 23.0. The number of amides is 1. The smallest absolute Gasteiger partial charge is 0.416 e. The number of rotatable bonds is 5. The van der Waals surface area contributed by atoms with Crippen molar-refractivity contribution in [2.45, 2.75) is 63.2 Å². The molecule has 4 rings (SSSR count). The van der Waals surface area contributed by atoms with Crippen molar-refractivity contribution in [3.63, 3.8) is 0 Å². The van der Waals surface area contributed by atoms with E-state index in [4.69, 9.17) is 10.5 Å². The molecule has 3 aromatic rings. The predicted molar refractivity (Wildman–Crippen MR) is 138 cm³/mol. The number of fused-ring (bicyclic) bond motifs is 1. The molecule has 2 aromatic carbocycles. The summed E-state index contributed by atoms with van der Waals surface area (Å²) in [6, 6.07) is 3.47. The Balaban J connectivity index is 1.87. The quantitative estimate of drug-likeness (QED) is 0.283. The highest BCUT2D eigenvalue weighted by atomic mass is 19.4. The standard InChI is InChI=1S/C28H25F9N4O3/c1-3-25(38)12-19(18-11-15(26(29,30)31)5-6-21(18)41(25)24(43)44-4-2)23-39-13-22(42)20(40-23)9-14-7-16(27(32,33)34)10-17(8-14)28(35,36)37/h5-8,10-11,13,19,42H,3-4,9,12,38H2,1-2H3/t19-,25+/m0/s1. The molecule has 1 aliphatic heterocycles. The maximum Gasteiger partial charge on any atom is 0.416 e. The van der Waals surface area contributed by atoms with Crippen molar-refractivity contribution in [3.8, 4) is 5.75 Å². The molecule has 2 heterocycles. The molecule has 0 unspecified atom stereocenters. The minimum absolute atomic E-state index is 0.0389. The van der Waals surface area contributed by atoms with Gasteiger partial charge in [0.15, 0.2) is 5.75 Å². The Labute approximate surface area is 244 Å². The summed E-state index contributed by atoms with van der Waals surface area (Å²) < 4.78 is 127. The highest BCUT2D eigenvalue weighted by Gasteiger charge is 2.47. The van der Waals surface area contributed by atoms with E-state index in [9.17, 15) is 49.4 Å². The molecular formula is C28H25F9N4O3. The molecule has 1 aliphatic rings. The predicted octanol–water partition coefficient (Wildman–Crippen LogP) is 7.39. The largest absolute Gasteiger partial charge is 0.504 e. The van der Waals surface area contributed by atoms with Gasteiger partial charge in [-0.05, 0) is 67.3 Å². The molecule has 3 N–H and O–H groups in total. The van der Waals surface area contributed by atoms with Crippen LogP contribution in [-0.4, -0.2) is 33.4 Å². The maximum absolute atomic E-state index is 13.7. The maximum atomic E-state index is 13.7. The number of hydrogen-bond donors (Lipinski definition) is 2. The lowest BCUT2D eigenvalue weighted by molar-refractivity contribution is -0.143. The number of alkyl halides is 9. The molecule has 0 saturated heterocycles. The number of benzene rings is 2. The lowest BCUT2D eigenvalue weighted by Crippen LogP contribution is -2.61. The summed E-state index contributed by atoms with van der Waals surface area (Å²) in [7, 11) is 0. The summed E-state index contributed by atoms with van der Waals surface area (Å²) in [5.41, 5.74) is -0.177. The third kappa shape index (κ3) is 6.54. The van der Waals surface area contributed by atoms with Crippen LogP contribution < -0.4 is 10.6 Å².